The van der Waals surface area contributed by atoms with Crippen LogP contribution in [0.3, 0.4) is 0 Å². The zero-order valence-corrected chi connectivity index (χ0v) is 12.1. The molecule has 1 aromatic rings. The van der Waals surface area contributed by atoms with Crippen LogP contribution in [0, 0.1) is 11.8 Å². The van der Waals surface area contributed by atoms with Gasteiger partial charge in [-0.25, -0.2) is 0 Å². The lowest BCUT2D eigenvalue weighted by atomic mass is 9.80. The van der Waals surface area contributed by atoms with E-state index in [1.165, 1.54) is 0 Å². The van der Waals surface area contributed by atoms with E-state index in [1.807, 2.05) is 37.3 Å². The number of carboxylic acids is 1. The Labute approximate surface area is 124 Å². The van der Waals surface area contributed by atoms with Crippen molar-refractivity contribution in [3.8, 4) is 5.75 Å². The molecular weight excluding hydrogens is 270 g/mol. The van der Waals surface area contributed by atoms with Gasteiger partial charge < -0.3 is 15.2 Å². The van der Waals surface area contributed by atoms with E-state index >= 15 is 0 Å². The van der Waals surface area contributed by atoms with Crippen molar-refractivity contribution < 1.29 is 19.4 Å². The number of nitrogens with one attached hydrogen (secondary N) is 1. The molecular formula is C16H21NO4. The van der Waals surface area contributed by atoms with Crippen LogP contribution in [-0.2, 0) is 9.59 Å². The molecule has 1 aliphatic carbocycles. The largest absolute Gasteiger partial charge is 0.494 e. The second-order valence-corrected chi connectivity index (χ2v) is 5.56. The predicted molar refractivity (Wildman–Crippen MR) is 78.0 cm³/mol. The molecule has 0 aliphatic heterocycles. The molecule has 1 aliphatic rings. The molecule has 21 heavy (non-hydrogen) atoms. The molecule has 2 N–H and O–H groups in total. The molecule has 1 amide bonds. The standard InChI is InChI=1S/C16H21NO4/c1-11(7-8-21-14-5-3-2-4-6-14)15(18)17-13-9-12(10-13)16(19)20/h2-6,11-13H,7-10H2,1H3,(H,17,18)(H,19,20). The Hall–Kier alpha value is -2.04. The molecule has 5 nitrogen and oxygen atoms in total. The molecule has 0 radical (unpaired) electrons. The summed E-state index contributed by atoms with van der Waals surface area (Å²) >= 11 is 0. The Balaban J connectivity index is 1.63. The summed E-state index contributed by atoms with van der Waals surface area (Å²) in [6.45, 7) is 2.35. The van der Waals surface area contributed by atoms with Gasteiger partial charge in [0, 0.05) is 12.0 Å². The number of amides is 1. The van der Waals surface area contributed by atoms with Gasteiger partial charge in [-0.3, -0.25) is 9.59 Å². The van der Waals surface area contributed by atoms with E-state index in [1.54, 1.807) is 0 Å². The van der Waals surface area contributed by atoms with Gasteiger partial charge in [-0.1, -0.05) is 25.1 Å². The van der Waals surface area contributed by atoms with Crippen LogP contribution in [0.15, 0.2) is 30.3 Å². The third-order valence-electron chi connectivity index (χ3n) is 3.84. The van der Waals surface area contributed by atoms with Crippen molar-refractivity contribution in [2.24, 2.45) is 11.8 Å². The Bertz CT molecular complexity index is 482. The van der Waals surface area contributed by atoms with Crippen molar-refractivity contribution in [2.75, 3.05) is 6.61 Å². The van der Waals surface area contributed by atoms with Crippen LogP contribution in [-0.4, -0.2) is 29.6 Å². The fourth-order valence-electron chi connectivity index (χ4n) is 2.28. The summed E-state index contributed by atoms with van der Waals surface area (Å²) in [4.78, 5) is 22.6. The Morgan fingerprint density at radius 3 is 2.62 bits per heavy atom. The third-order valence-corrected chi connectivity index (χ3v) is 3.84. The molecule has 0 spiro atoms. The fourth-order valence-corrected chi connectivity index (χ4v) is 2.28. The number of hydrogen-bond acceptors (Lipinski definition) is 3. The van der Waals surface area contributed by atoms with Gasteiger partial charge in [-0.15, -0.1) is 0 Å². The van der Waals surface area contributed by atoms with Crippen molar-refractivity contribution >= 4 is 11.9 Å². The van der Waals surface area contributed by atoms with Crippen LogP contribution < -0.4 is 10.1 Å². The van der Waals surface area contributed by atoms with E-state index in [4.69, 9.17) is 9.84 Å². The molecule has 1 saturated carbocycles. The van der Waals surface area contributed by atoms with Crippen LogP contribution >= 0.6 is 0 Å². The van der Waals surface area contributed by atoms with Crippen molar-refractivity contribution in [2.45, 2.75) is 32.2 Å². The van der Waals surface area contributed by atoms with Gasteiger partial charge in [0.2, 0.25) is 5.91 Å². The average Bonchev–Trinajstić information content (AvgIpc) is 2.42. The lowest BCUT2D eigenvalue weighted by Gasteiger charge is -2.33. The summed E-state index contributed by atoms with van der Waals surface area (Å²) < 4.78 is 5.56. The fraction of sp³-hybridized carbons (Fsp3) is 0.500. The topological polar surface area (TPSA) is 75.6 Å². The summed E-state index contributed by atoms with van der Waals surface area (Å²) in [5, 5.41) is 11.7. The smallest absolute Gasteiger partial charge is 0.306 e. The molecule has 1 atom stereocenters. The number of hydrogen-bond donors (Lipinski definition) is 2. The maximum atomic E-state index is 12.0. The summed E-state index contributed by atoms with van der Waals surface area (Å²) in [6, 6.07) is 9.50. The zero-order valence-electron chi connectivity index (χ0n) is 12.1. The molecule has 0 aromatic heterocycles. The first-order valence-electron chi connectivity index (χ1n) is 7.27. The van der Waals surface area contributed by atoms with Crippen LogP contribution in [0.2, 0.25) is 0 Å². The van der Waals surface area contributed by atoms with Gasteiger partial charge in [0.15, 0.2) is 0 Å². The Morgan fingerprint density at radius 2 is 2.00 bits per heavy atom. The first-order chi connectivity index (χ1) is 10.1. The van der Waals surface area contributed by atoms with Gasteiger partial charge in [0.05, 0.1) is 12.5 Å². The highest BCUT2D eigenvalue weighted by Gasteiger charge is 2.35. The number of benzene rings is 1. The number of carbonyl (C=O) groups is 2. The quantitative estimate of drug-likeness (QED) is 0.806. The normalized spacial score (nSPS) is 22.0. The van der Waals surface area contributed by atoms with Crippen molar-refractivity contribution in [1.29, 1.82) is 0 Å². The minimum atomic E-state index is -0.773. The average molecular weight is 291 g/mol. The van der Waals surface area contributed by atoms with E-state index in [0.717, 1.165) is 5.75 Å². The van der Waals surface area contributed by atoms with E-state index in [9.17, 15) is 9.59 Å². The molecule has 0 heterocycles. The number of para-hydroxylation sites is 1. The molecule has 2 rings (SSSR count). The van der Waals surface area contributed by atoms with Gasteiger partial charge in [0.25, 0.3) is 0 Å². The molecule has 1 fully saturated rings. The highest BCUT2D eigenvalue weighted by molar-refractivity contribution is 5.79. The monoisotopic (exact) mass is 291 g/mol. The van der Waals surface area contributed by atoms with Crippen LogP contribution in [0.25, 0.3) is 0 Å². The third kappa shape index (κ3) is 4.48. The lowest BCUT2D eigenvalue weighted by molar-refractivity contribution is -0.146. The van der Waals surface area contributed by atoms with Gasteiger partial charge in [-0.05, 0) is 31.4 Å². The van der Waals surface area contributed by atoms with Crippen molar-refractivity contribution in [1.82, 2.24) is 5.32 Å². The summed E-state index contributed by atoms with van der Waals surface area (Å²) in [5.41, 5.74) is 0. The van der Waals surface area contributed by atoms with E-state index in [-0.39, 0.29) is 23.8 Å². The highest BCUT2D eigenvalue weighted by Crippen LogP contribution is 2.27. The second kappa shape index (κ2) is 7.11. The highest BCUT2D eigenvalue weighted by atomic mass is 16.5. The van der Waals surface area contributed by atoms with Crippen LogP contribution in [0.5, 0.6) is 5.75 Å². The number of carboxylic acid groups (broad SMARTS) is 1. The second-order valence-electron chi connectivity index (χ2n) is 5.56. The van der Waals surface area contributed by atoms with Crippen molar-refractivity contribution in [3.05, 3.63) is 30.3 Å². The number of rotatable bonds is 7. The zero-order chi connectivity index (χ0) is 15.2. The molecule has 1 unspecified atom stereocenters. The first kappa shape index (κ1) is 15.4. The lowest BCUT2D eigenvalue weighted by Crippen LogP contribution is -2.48. The van der Waals surface area contributed by atoms with E-state index < -0.39 is 5.97 Å². The predicted octanol–water partition coefficient (Wildman–Crippen LogP) is 2.07. The van der Waals surface area contributed by atoms with Crippen LogP contribution in [0.1, 0.15) is 26.2 Å². The van der Waals surface area contributed by atoms with Crippen LogP contribution in [0.4, 0.5) is 0 Å². The van der Waals surface area contributed by atoms with Gasteiger partial charge >= 0.3 is 5.97 Å². The van der Waals surface area contributed by atoms with E-state index in [0.29, 0.717) is 25.9 Å². The number of carbonyl (C=O) groups excluding carboxylic acids is 1. The number of aliphatic carboxylic acids is 1. The SMILES string of the molecule is CC(CCOc1ccccc1)C(=O)NC1CC(C(=O)O)C1. The minimum absolute atomic E-state index is 0.0103. The van der Waals surface area contributed by atoms with Crippen molar-refractivity contribution in [3.63, 3.8) is 0 Å². The summed E-state index contributed by atoms with van der Waals surface area (Å²) in [6.07, 6.45) is 1.71. The van der Waals surface area contributed by atoms with Gasteiger partial charge in [-0.2, -0.15) is 0 Å². The molecule has 0 saturated heterocycles. The Morgan fingerprint density at radius 1 is 1.33 bits per heavy atom. The van der Waals surface area contributed by atoms with Gasteiger partial charge in [0.1, 0.15) is 5.75 Å². The number of ether oxygens (including phenoxy) is 1. The molecule has 5 heteroatoms. The Kier molecular flexibility index (Phi) is 5.20. The maximum absolute atomic E-state index is 12.0. The first-order valence-corrected chi connectivity index (χ1v) is 7.27. The summed E-state index contributed by atoms with van der Waals surface area (Å²) in [7, 11) is 0. The molecule has 1 aromatic carbocycles. The molecule has 114 valence electrons. The molecule has 0 bridgehead atoms. The summed E-state index contributed by atoms with van der Waals surface area (Å²) in [5.74, 6) is -0.441. The maximum Gasteiger partial charge on any atom is 0.306 e. The van der Waals surface area contributed by atoms with E-state index in [2.05, 4.69) is 5.32 Å². The minimum Gasteiger partial charge on any atom is -0.494 e.